The van der Waals surface area contributed by atoms with Crippen molar-refractivity contribution in [3.63, 3.8) is 0 Å². The van der Waals surface area contributed by atoms with Gasteiger partial charge in [-0.05, 0) is 50.3 Å². The molecule has 3 nitrogen and oxygen atoms in total. The Hall–Kier alpha value is -1.35. The largest absolute Gasteiger partial charge is 0.372 e. The second kappa shape index (κ2) is 6.41. The van der Waals surface area contributed by atoms with Gasteiger partial charge in [-0.25, -0.2) is 0 Å². The van der Waals surface area contributed by atoms with E-state index in [9.17, 15) is 4.79 Å². The molecule has 0 N–H and O–H groups in total. The van der Waals surface area contributed by atoms with E-state index >= 15 is 0 Å². The molecule has 1 amide bonds. The lowest BCUT2D eigenvalue weighted by atomic mass is 9.84. The van der Waals surface area contributed by atoms with Crippen LogP contribution in [0.2, 0.25) is 0 Å². The molecule has 0 unspecified atom stereocenters. The Bertz CT molecular complexity index is 515. The number of rotatable bonds is 2. The van der Waals surface area contributed by atoms with Crippen molar-refractivity contribution in [1.29, 1.82) is 0 Å². The third kappa shape index (κ3) is 3.52. The van der Waals surface area contributed by atoms with E-state index in [2.05, 4.69) is 12.1 Å². The first-order valence-corrected chi connectivity index (χ1v) is 8.58. The zero-order valence-corrected chi connectivity index (χ0v) is 13.8. The molecule has 0 atom stereocenters. The van der Waals surface area contributed by atoms with Crippen molar-refractivity contribution < 1.29 is 9.53 Å². The van der Waals surface area contributed by atoms with Crippen LogP contribution in [0.15, 0.2) is 24.3 Å². The lowest BCUT2D eigenvalue weighted by Gasteiger charge is -2.38. The first kappa shape index (κ1) is 15.5. The van der Waals surface area contributed by atoms with Crippen molar-refractivity contribution in [1.82, 2.24) is 4.90 Å². The molecule has 0 aromatic heterocycles. The number of benzene rings is 1. The van der Waals surface area contributed by atoms with Gasteiger partial charge in [0.1, 0.15) is 0 Å². The van der Waals surface area contributed by atoms with Gasteiger partial charge in [-0.2, -0.15) is 0 Å². The second-order valence-electron chi connectivity index (χ2n) is 7.29. The summed E-state index contributed by atoms with van der Waals surface area (Å²) in [7, 11) is 0. The lowest BCUT2D eigenvalue weighted by Crippen LogP contribution is -2.50. The highest BCUT2D eigenvalue weighted by atomic mass is 16.5. The SMILES string of the molecule is CC1(C)CN(C(=O)c2ccc(C3CCCCC3)cc2)CCO1. The van der Waals surface area contributed by atoms with E-state index in [-0.39, 0.29) is 11.5 Å². The van der Waals surface area contributed by atoms with E-state index in [1.54, 1.807) is 0 Å². The van der Waals surface area contributed by atoms with Gasteiger partial charge in [-0.3, -0.25) is 4.79 Å². The minimum atomic E-state index is -0.240. The van der Waals surface area contributed by atoms with Crippen LogP contribution in [0.25, 0.3) is 0 Å². The molecule has 1 aromatic carbocycles. The molecule has 1 aliphatic carbocycles. The Morgan fingerprint density at radius 1 is 1.14 bits per heavy atom. The van der Waals surface area contributed by atoms with Crippen LogP contribution in [-0.4, -0.2) is 36.1 Å². The fourth-order valence-corrected chi connectivity index (χ4v) is 3.71. The van der Waals surface area contributed by atoms with Crippen molar-refractivity contribution in [2.24, 2.45) is 0 Å². The molecule has 1 aromatic rings. The summed E-state index contributed by atoms with van der Waals surface area (Å²) in [4.78, 5) is 14.6. The predicted octanol–water partition coefficient (Wildman–Crippen LogP) is 3.99. The highest BCUT2D eigenvalue weighted by Crippen LogP contribution is 2.32. The van der Waals surface area contributed by atoms with Gasteiger partial charge in [0.15, 0.2) is 0 Å². The molecule has 0 spiro atoms. The topological polar surface area (TPSA) is 29.5 Å². The summed E-state index contributed by atoms with van der Waals surface area (Å²) < 4.78 is 5.69. The Kier molecular flexibility index (Phi) is 4.53. The molecule has 0 radical (unpaired) electrons. The normalized spacial score (nSPS) is 22.5. The summed E-state index contributed by atoms with van der Waals surface area (Å²) in [6.45, 7) is 6.05. The number of amides is 1. The average Bonchev–Trinajstić information content (AvgIpc) is 2.54. The number of ether oxygens (including phenoxy) is 1. The zero-order valence-electron chi connectivity index (χ0n) is 13.8. The Balaban J connectivity index is 1.68. The maximum absolute atomic E-state index is 12.6. The van der Waals surface area contributed by atoms with Crippen LogP contribution >= 0.6 is 0 Å². The number of hydrogen-bond acceptors (Lipinski definition) is 2. The van der Waals surface area contributed by atoms with Crippen LogP contribution in [0, 0.1) is 0 Å². The van der Waals surface area contributed by atoms with Gasteiger partial charge in [0, 0.05) is 18.7 Å². The highest BCUT2D eigenvalue weighted by Gasteiger charge is 2.30. The maximum Gasteiger partial charge on any atom is 0.254 e. The molecule has 1 aliphatic heterocycles. The number of carbonyl (C=O) groups excluding carboxylic acids is 1. The van der Waals surface area contributed by atoms with Gasteiger partial charge in [0.05, 0.1) is 12.2 Å². The Morgan fingerprint density at radius 2 is 1.82 bits per heavy atom. The van der Waals surface area contributed by atoms with Gasteiger partial charge in [-0.15, -0.1) is 0 Å². The van der Waals surface area contributed by atoms with Crippen LogP contribution in [-0.2, 0) is 4.74 Å². The van der Waals surface area contributed by atoms with E-state index in [1.165, 1.54) is 37.7 Å². The number of hydrogen-bond donors (Lipinski definition) is 0. The predicted molar refractivity (Wildman–Crippen MR) is 88.2 cm³/mol. The Morgan fingerprint density at radius 3 is 2.45 bits per heavy atom. The number of morpholine rings is 1. The van der Waals surface area contributed by atoms with Gasteiger partial charge < -0.3 is 9.64 Å². The standard InChI is InChI=1S/C19H27NO2/c1-19(2)14-20(12-13-22-19)18(21)17-10-8-16(9-11-17)15-6-4-3-5-7-15/h8-11,15H,3-7,12-14H2,1-2H3. The summed E-state index contributed by atoms with van der Waals surface area (Å²) in [5, 5.41) is 0. The molecule has 2 aliphatic rings. The first-order chi connectivity index (χ1) is 10.6. The number of carbonyl (C=O) groups is 1. The summed E-state index contributed by atoms with van der Waals surface area (Å²) in [5.74, 6) is 0.826. The van der Waals surface area contributed by atoms with E-state index in [1.807, 2.05) is 30.9 Å². The molecule has 1 saturated carbocycles. The maximum atomic E-state index is 12.6. The fraction of sp³-hybridized carbons (Fsp3) is 0.632. The Labute approximate surface area is 133 Å². The molecule has 22 heavy (non-hydrogen) atoms. The molecule has 3 rings (SSSR count). The molecule has 3 heteroatoms. The van der Waals surface area contributed by atoms with Crippen molar-refractivity contribution in [2.75, 3.05) is 19.7 Å². The van der Waals surface area contributed by atoms with Crippen LogP contribution < -0.4 is 0 Å². The van der Waals surface area contributed by atoms with Crippen molar-refractivity contribution in [3.05, 3.63) is 35.4 Å². The van der Waals surface area contributed by atoms with Gasteiger partial charge in [0.2, 0.25) is 0 Å². The van der Waals surface area contributed by atoms with Crippen LogP contribution in [0.5, 0.6) is 0 Å². The molecular weight excluding hydrogens is 274 g/mol. The first-order valence-electron chi connectivity index (χ1n) is 8.58. The minimum absolute atomic E-state index is 0.131. The molecule has 2 fully saturated rings. The molecule has 1 saturated heterocycles. The third-order valence-electron chi connectivity index (χ3n) is 4.95. The monoisotopic (exact) mass is 301 g/mol. The van der Waals surface area contributed by atoms with Gasteiger partial charge in [0.25, 0.3) is 5.91 Å². The summed E-state index contributed by atoms with van der Waals surface area (Å²) >= 11 is 0. The molecule has 0 bridgehead atoms. The van der Waals surface area contributed by atoms with E-state index < -0.39 is 0 Å². The molecular formula is C19H27NO2. The second-order valence-corrected chi connectivity index (χ2v) is 7.29. The highest BCUT2D eigenvalue weighted by molar-refractivity contribution is 5.94. The van der Waals surface area contributed by atoms with Crippen molar-refractivity contribution in [2.45, 2.75) is 57.5 Å². The molecule has 1 heterocycles. The minimum Gasteiger partial charge on any atom is -0.372 e. The van der Waals surface area contributed by atoms with E-state index in [0.717, 1.165) is 5.56 Å². The molecule has 120 valence electrons. The average molecular weight is 301 g/mol. The van der Waals surface area contributed by atoms with Crippen LogP contribution in [0.1, 0.15) is 67.8 Å². The third-order valence-corrected chi connectivity index (χ3v) is 4.95. The smallest absolute Gasteiger partial charge is 0.254 e. The lowest BCUT2D eigenvalue weighted by molar-refractivity contribution is -0.0764. The van der Waals surface area contributed by atoms with E-state index in [0.29, 0.717) is 25.6 Å². The van der Waals surface area contributed by atoms with E-state index in [4.69, 9.17) is 4.74 Å². The van der Waals surface area contributed by atoms with Crippen molar-refractivity contribution >= 4 is 5.91 Å². The van der Waals surface area contributed by atoms with Crippen molar-refractivity contribution in [3.8, 4) is 0 Å². The quantitative estimate of drug-likeness (QED) is 0.826. The summed E-state index contributed by atoms with van der Waals surface area (Å²) in [6, 6.07) is 8.34. The summed E-state index contributed by atoms with van der Waals surface area (Å²) in [6.07, 6.45) is 6.65. The zero-order chi connectivity index (χ0) is 15.6. The van der Waals surface area contributed by atoms with Gasteiger partial charge in [-0.1, -0.05) is 31.4 Å². The summed E-state index contributed by atoms with van der Waals surface area (Å²) in [5.41, 5.74) is 1.96. The number of nitrogens with zero attached hydrogens (tertiary/aromatic N) is 1. The van der Waals surface area contributed by atoms with Crippen LogP contribution in [0.3, 0.4) is 0 Å². The fourth-order valence-electron chi connectivity index (χ4n) is 3.71. The van der Waals surface area contributed by atoms with Crippen LogP contribution in [0.4, 0.5) is 0 Å². The van der Waals surface area contributed by atoms with Gasteiger partial charge >= 0.3 is 0 Å².